The minimum atomic E-state index is -4.67. The van der Waals surface area contributed by atoms with Crippen molar-refractivity contribution in [3.63, 3.8) is 0 Å². The fourth-order valence-electron chi connectivity index (χ4n) is 2.83. The summed E-state index contributed by atoms with van der Waals surface area (Å²) in [4.78, 5) is 23.6. The average molecular weight is 383 g/mol. The van der Waals surface area contributed by atoms with Crippen LogP contribution in [-0.4, -0.2) is 52.1 Å². The van der Waals surface area contributed by atoms with Gasteiger partial charge < -0.3 is 14.3 Å². The Balaban J connectivity index is 1.60. The molecule has 0 radical (unpaired) electrons. The molecule has 0 saturated carbocycles. The maximum absolute atomic E-state index is 12.5. The molecule has 0 bridgehead atoms. The molecule has 1 aliphatic heterocycles. The molecule has 2 aromatic heterocycles. The first-order chi connectivity index (χ1) is 12.9. The summed E-state index contributed by atoms with van der Waals surface area (Å²) in [7, 11) is 0. The van der Waals surface area contributed by atoms with Crippen LogP contribution in [0.5, 0.6) is 0 Å². The van der Waals surface area contributed by atoms with Crippen molar-refractivity contribution < 1.29 is 22.5 Å². The highest BCUT2D eigenvalue weighted by atomic mass is 19.4. The number of anilines is 1. The number of pyridine rings is 1. The number of rotatable bonds is 5. The van der Waals surface area contributed by atoms with Crippen molar-refractivity contribution in [2.24, 2.45) is 0 Å². The van der Waals surface area contributed by atoms with Crippen LogP contribution in [0.25, 0.3) is 11.4 Å². The molecule has 0 spiro atoms. The van der Waals surface area contributed by atoms with E-state index in [1.807, 2.05) is 9.80 Å². The Hall–Kier alpha value is -2.65. The van der Waals surface area contributed by atoms with Crippen molar-refractivity contribution in [1.29, 1.82) is 0 Å². The van der Waals surface area contributed by atoms with E-state index in [1.165, 1.54) is 6.20 Å². The fourth-order valence-corrected chi connectivity index (χ4v) is 2.83. The quantitative estimate of drug-likeness (QED) is 0.790. The van der Waals surface area contributed by atoms with E-state index in [1.54, 1.807) is 12.1 Å². The molecule has 1 fully saturated rings. The monoisotopic (exact) mass is 383 g/mol. The van der Waals surface area contributed by atoms with Crippen LogP contribution < -0.4 is 4.90 Å². The van der Waals surface area contributed by atoms with E-state index in [0.717, 1.165) is 12.8 Å². The van der Waals surface area contributed by atoms with E-state index in [-0.39, 0.29) is 11.7 Å². The molecule has 0 aromatic carbocycles. The highest BCUT2D eigenvalue weighted by Gasteiger charge is 2.38. The lowest BCUT2D eigenvalue weighted by molar-refractivity contribution is -0.159. The van der Waals surface area contributed by atoms with Gasteiger partial charge in [-0.1, -0.05) is 18.5 Å². The molecule has 10 heteroatoms. The molecule has 1 amide bonds. The minimum Gasteiger partial charge on any atom is -0.353 e. The first kappa shape index (κ1) is 19.1. The summed E-state index contributed by atoms with van der Waals surface area (Å²) in [6.07, 6.45) is -0.791. The maximum Gasteiger partial charge on any atom is 0.471 e. The Morgan fingerprint density at radius 3 is 2.52 bits per heavy atom. The van der Waals surface area contributed by atoms with Crippen molar-refractivity contribution in [3.05, 3.63) is 24.2 Å². The van der Waals surface area contributed by atoms with E-state index in [2.05, 4.69) is 26.6 Å². The van der Waals surface area contributed by atoms with Gasteiger partial charge in [0.25, 0.3) is 0 Å². The number of carbonyl (C=O) groups excluding carboxylic acids is 1. The predicted molar refractivity (Wildman–Crippen MR) is 90.8 cm³/mol. The van der Waals surface area contributed by atoms with Crippen LogP contribution >= 0.6 is 0 Å². The minimum absolute atomic E-state index is 0.160. The number of aromatic nitrogens is 3. The van der Waals surface area contributed by atoms with Gasteiger partial charge in [-0.3, -0.25) is 4.79 Å². The fraction of sp³-hybridized carbons (Fsp3) is 0.529. The number of carbonyl (C=O) groups is 1. The van der Waals surface area contributed by atoms with Crippen LogP contribution in [0.1, 0.15) is 32.1 Å². The molecule has 1 aliphatic rings. The molecular formula is C17H20F3N5O2. The van der Waals surface area contributed by atoms with Gasteiger partial charge in [-0.2, -0.15) is 18.2 Å². The number of alkyl halides is 3. The van der Waals surface area contributed by atoms with Gasteiger partial charge >= 0.3 is 12.1 Å². The summed E-state index contributed by atoms with van der Waals surface area (Å²) in [6.45, 7) is 4.63. The Kier molecular flexibility index (Phi) is 5.62. The third-order valence-electron chi connectivity index (χ3n) is 4.38. The smallest absolute Gasteiger partial charge is 0.353 e. The summed E-state index contributed by atoms with van der Waals surface area (Å²) in [5, 5.41) is 3.34. The van der Waals surface area contributed by atoms with Crippen molar-refractivity contribution in [3.8, 4) is 11.4 Å². The van der Waals surface area contributed by atoms with Crippen LogP contribution in [0.2, 0.25) is 0 Å². The number of unbranched alkanes of at least 4 members (excludes halogenated alkanes) is 1. The molecule has 1 saturated heterocycles. The Labute approximate surface area is 154 Å². The highest BCUT2D eigenvalue weighted by Crippen LogP contribution is 2.29. The predicted octanol–water partition coefficient (Wildman–Crippen LogP) is 2.99. The average Bonchev–Trinajstić information content (AvgIpc) is 3.17. The molecule has 0 unspecified atom stereocenters. The van der Waals surface area contributed by atoms with Gasteiger partial charge in [-0.15, -0.1) is 0 Å². The molecule has 0 aliphatic carbocycles. The van der Waals surface area contributed by atoms with Crippen LogP contribution in [0.3, 0.4) is 0 Å². The second-order valence-corrected chi connectivity index (χ2v) is 6.30. The van der Waals surface area contributed by atoms with Gasteiger partial charge in [0.15, 0.2) is 0 Å². The summed E-state index contributed by atoms with van der Waals surface area (Å²) >= 11 is 0. The highest BCUT2D eigenvalue weighted by molar-refractivity contribution is 5.76. The maximum atomic E-state index is 12.5. The third kappa shape index (κ3) is 4.55. The third-order valence-corrected chi connectivity index (χ3v) is 4.38. The van der Waals surface area contributed by atoms with Gasteiger partial charge in [0.1, 0.15) is 5.82 Å². The lowest BCUT2D eigenvalue weighted by atomic mass is 10.2. The second-order valence-electron chi connectivity index (χ2n) is 6.30. The standard InChI is InChI=1S/C17H20F3N5O2/c1-2-3-4-14(26)25-9-7-24(8-10-25)13-6-5-12(11-21-13)15-22-16(27-23-15)17(18,19)20/h5-6,11H,2-4,7-10H2,1H3. The Morgan fingerprint density at radius 1 is 1.22 bits per heavy atom. The lowest BCUT2D eigenvalue weighted by Crippen LogP contribution is -2.49. The molecule has 3 rings (SSSR count). The van der Waals surface area contributed by atoms with E-state index in [9.17, 15) is 18.0 Å². The van der Waals surface area contributed by atoms with Crippen molar-refractivity contribution >= 4 is 11.7 Å². The normalized spacial score (nSPS) is 15.3. The molecule has 0 atom stereocenters. The van der Waals surface area contributed by atoms with Gasteiger partial charge in [0.2, 0.25) is 11.7 Å². The van der Waals surface area contributed by atoms with Crippen molar-refractivity contribution in [2.45, 2.75) is 32.4 Å². The number of hydrogen-bond acceptors (Lipinski definition) is 6. The topological polar surface area (TPSA) is 75.4 Å². The van der Waals surface area contributed by atoms with Crippen LogP contribution in [0, 0.1) is 0 Å². The molecule has 0 N–H and O–H groups in total. The van der Waals surface area contributed by atoms with Crippen molar-refractivity contribution in [1.82, 2.24) is 20.0 Å². The van der Waals surface area contributed by atoms with Gasteiger partial charge in [0, 0.05) is 44.4 Å². The number of amides is 1. The van der Waals surface area contributed by atoms with Gasteiger partial charge in [-0.25, -0.2) is 4.98 Å². The number of nitrogens with zero attached hydrogens (tertiary/aromatic N) is 5. The SMILES string of the molecule is CCCCC(=O)N1CCN(c2ccc(-c3noc(C(F)(F)F)n3)cn2)CC1. The summed E-state index contributed by atoms with van der Waals surface area (Å²) in [6, 6.07) is 3.31. The number of piperazine rings is 1. The van der Waals surface area contributed by atoms with Gasteiger partial charge in [-0.05, 0) is 18.6 Å². The van der Waals surface area contributed by atoms with Crippen molar-refractivity contribution in [2.75, 3.05) is 31.1 Å². The largest absolute Gasteiger partial charge is 0.471 e. The van der Waals surface area contributed by atoms with Gasteiger partial charge in [0.05, 0.1) is 0 Å². The molecule has 2 aromatic rings. The lowest BCUT2D eigenvalue weighted by Gasteiger charge is -2.35. The zero-order valence-corrected chi connectivity index (χ0v) is 14.9. The first-order valence-electron chi connectivity index (χ1n) is 8.78. The summed E-state index contributed by atoms with van der Waals surface area (Å²) in [5.41, 5.74) is 0.339. The van der Waals surface area contributed by atoms with E-state index in [4.69, 9.17) is 0 Å². The first-order valence-corrected chi connectivity index (χ1v) is 8.78. The zero-order chi connectivity index (χ0) is 19.4. The molecular weight excluding hydrogens is 363 g/mol. The van der Waals surface area contributed by atoms with Crippen LogP contribution in [0.4, 0.5) is 19.0 Å². The van der Waals surface area contributed by atoms with E-state index < -0.39 is 12.1 Å². The second kappa shape index (κ2) is 7.93. The Bertz CT molecular complexity index is 768. The summed E-state index contributed by atoms with van der Waals surface area (Å²) < 4.78 is 41.8. The van der Waals surface area contributed by atoms with E-state index in [0.29, 0.717) is 44.0 Å². The summed E-state index contributed by atoms with van der Waals surface area (Å²) in [5.74, 6) is -0.672. The molecule has 27 heavy (non-hydrogen) atoms. The molecule has 7 nitrogen and oxygen atoms in total. The number of hydrogen-bond donors (Lipinski definition) is 0. The molecule has 146 valence electrons. The number of halogens is 3. The molecule has 3 heterocycles. The van der Waals surface area contributed by atoms with Crippen LogP contribution in [0.15, 0.2) is 22.9 Å². The van der Waals surface area contributed by atoms with E-state index >= 15 is 0 Å². The zero-order valence-electron chi connectivity index (χ0n) is 14.9. The Morgan fingerprint density at radius 2 is 1.96 bits per heavy atom. The van der Waals surface area contributed by atoms with Crippen LogP contribution in [-0.2, 0) is 11.0 Å².